The van der Waals surface area contributed by atoms with Gasteiger partial charge in [0.05, 0.1) is 18.5 Å². The highest BCUT2D eigenvalue weighted by molar-refractivity contribution is 5.94. The van der Waals surface area contributed by atoms with E-state index in [4.69, 9.17) is 4.74 Å². The van der Waals surface area contributed by atoms with E-state index < -0.39 is 5.97 Å². The lowest BCUT2D eigenvalue weighted by atomic mass is 10.0. The van der Waals surface area contributed by atoms with Crippen LogP contribution in [0, 0.1) is 6.92 Å². The molecule has 2 aromatic rings. The highest BCUT2D eigenvalue weighted by Crippen LogP contribution is 2.28. The zero-order chi connectivity index (χ0) is 14.0. The van der Waals surface area contributed by atoms with Crippen LogP contribution in [-0.2, 0) is 7.05 Å². The van der Waals surface area contributed by atoms with Gasteiger partial charge in [-0.25, -0.2) is 4.79 Å². The second kappa shape index (κ2) is 5.14. The van der Waals surface area contributed by atoms with Crippen molar-refractivity contribution in [2.45, 2.75) is 13.8 Å². The molecule has 0 bridgehead atoms. The van der Waals surface area contributed by atoms with E-state index in [1.807, 2.05) is 32.0 Å². The van der Waals surface area contributed by atoms with Gasteiger partial charge < -0.3 is 9.84 Å². The molecule has 1 heterocycles. The summed E-state index contributed by atoms with van der Waals surface area (Å²) in [4.78, 5) is 11.2. The highest BCUT2D eigenvalue weighted by Gasteiger charge is 2.17. The zero-order valence-corrected chi connectivity index (χ0v) is 11.2. The van der Waals surface area contributed by atoms with Crippen LogP contribution in [0.1, 0.15) is 22.8 Å². The van der Waals surface area contributed by atoms with Crippen molar-refractivity contribution in [1.82, 2.24) is 9.78 Å². The first kappa shape index (κ1) is 13.1. The predicted octanol–water partition coefficient (Wildman–Crippen LogP) is 2.49. The second-order valence-corrected chi connectivity index (χ2v) is 4.25. The third kappa shape index (κ3) is 2.45. The molecule has 19 heavy (non-hydrogen) atoms. The summed E-state index contributed by atoms with van der Waals surface area (Å²) in [5.41, 5.74) is 2.58. The predicted molar refractivity (Wildman–Crippen MR) is 71.5 cm³/mol. The van der Waals surface area contributed by atoms with Crippen molar-refractivity contribution < 1.29 is 14.6 Å². The molecule has 0 fully saturated rings. The summed E-state index contributed by atoms with van der Waals surface area (Å²) >= 11 is 0. The minimum atomic E-state index is -0.977. The molecule has 0 aliphatic carbocycles. The fraction of sp³-hybridized carbons (Fsp3) is 0.286. The Morgan fingerprint density at radius 1 is 1.47 bits per heavy atom. The average molecular weight is 260 g/mol. The maximum Gasteiger partial charge on any atom is 0.339 e. The van der Waals surface area contributed by atoms with E-state index in [1.165, 1.54) is 6.20 Å². The minimum absolute atomic E-state index is 0.200. The first-order valence-electron chi connectivity index (χ1n) is 6.03. The van der Waals surface area contributed by atoms with Crippen LogP contribution in [0.3, 0.4) is 0 Å². The summed E-state index contributed by atoms with van der Waals surface area (Å²) < 4.78 is 7.05. The lowest BCUT2D eigenvalue weighted by Crippen LogP contribution is -2.01. The number of rotatable bonds is 4. The molecule has 0 radical (unpaired) electrons. The van der Waals surface area contributed by atoms with E-state index in [9.17, 15) is 9.90 Å². The summed E-state index contributed by atoms with van der Waals surface area (Å²) in [7, 11) is 1.73. The van der Waals surface area contributed by atoms with Gasteiger partial charge in [-0.1, -0.05) is 0 Å². The number of nitrogens with zero attached hydrogens (tertiary/aromatic N) is 2. The van der Waals surface area contributed by atoms with E-state index >= 15 is 0 Å². The van der Waals surface area contributed by atoms with Gasteiger partial charge in [-0.3, -0.25) is 4.68 Å². The first-order valence-corrected chi connectivity index (χ1v) is 6.03. The third-order valence-corrected chi connectivity index (χ3v) is 2.92. The van der Waals surface area contributed by atoms with Crippen LogP contribution in [0.15, 0.2) is 24.4 Å². The summed E-state index contributed by atoms with van der Waals surface area (Å²) in [6.07, 6.45) is 1.36. The van der Waals surface area contributed by atoms with Crippen LogP contribution in [0.4, 0.5) is 0 Å². The van der Waals surface area contributed by atoms with Gasteiger partial charge in [0.15, 0.2) is 0 Å². The van der Waals surface area contributed by atoms with Gasteiger partial charge in [-0.05, 0) is 37.6 Å². The number of aromatic carboxylic acids is 1. The van der Waals surface area contributed by atoms with Crippen LogP contribution in [-0.4, -0.2) is 27.5 Å². The minimum Gasteiger partial charge on any atom is -0.494 e. The molecular formula is C14H16N2O3. The Morgan fingerprint density at radius 2 is 2.21 bits per heavy atom. The Morgan fingerprint density at radius 3 is 2.79 bits per heavy atom. The number of hydrogen-bond acceptors (Lipinski definition) is 3. The number of benzene rings is 1. The van der Waals surface area contributed by atoms with Gasteiger partial charge in [-0.15, -0.1) is 0 Å². The molecule has 5 heteroatoms. The Kier molecular flexibility index (Phi) is 3.55. The van der Waals surface area contributed by atoms with Crippen molar-refractivity contribution in [3.8, 4) is 17.0 Å². The summed E-state index contributed by atoms with van der Waals surface area (Å²) in [6.45, 7) is 4.47. The van der Waals surface area contributed by atoms with E-state index in [0.717, 1.165) is 16.9 Å². The molecule has 2 rings (SSSR count). The summed E-state index contributed by atoms with van der Waals surface area (Å²) in [5, 5.41) is 13.2. The SMILES string of the molecule is CCOc1ccc(-c2c(C(=O)O)cnn2C)cc1C. The van der Waals surface area contributed by atoms with Crippen LogP contribution in [0.2, 0.25) is 0 Å². The first-order chi connectivity index (χ1) is 9.04. The van der Waals surface area contributed by atoms with E-state index in [-0.39, 0.29) is 5.56 Å². The van der Waals surface area contributed by atoms with Crippen LogP contribution >= 0.6 is 0 Å². The number of carboxylic acids is 1. The molecule has 0 saturated carbocycles. The van der Waals surface area contributed by atoms with Gasteiger partial charge in [0, 0.05) is 12.6 Å². The Balaban J connectivity index is 2.51. The number of carboxylic acid groups (broad SMARTS) is 1. The molecule has 1 N–H and O–H groups in total. The number of hydrogen-bond donors (Lipinski definition) is 1. The molecule has 1 aromatic heterocycles. The molecular weight excluding hydrogens is 244 g/mol. The number of aryl methyl sites for hydroxylation is 2. The molecule has 0 amide bonds. The normalized spacial score (nSPS) is 10.5. The monoisotopic (exact) mass is 260 g/mol. The summed E-state index contributed by atoms with van der Waals surface area (Å²) in [6, 6.07) is 5.61. The van der Waals surface area contributed by atoms with Gasteiger partial charge in [0.25, 0.3) is 0 Å². The molecule has 1 aromatic carbocycles. The molecule has 0 atom stereocenters. The van der Waals surface area contributed by atoms with E-state index in [0.29, 0.717) is 12.3 Å². The van der Waals surface area contributed by atoms with Gasteiger partial charge in [0.2, 0.25) is 0 Å². The van der Waals surface area contributed by atoms with Crippen molar-refractivity contribution >= 4 is 5.97 Å². The van der Waals surface area contributed by atoms with Crippen LogP contribution in [0.5, 0.6) is 5.75 Å². The molecule has 5 nitrogen and oxygen atoms in total. The van der Waals surface area contributed by atoms with Gasteiger partial charge in [0.1, 0.15) is 11.3 Å². The Hall–Kier alpha value is -2.30. The van der Waals surface area contributed by atoms with Crippen molar-refractivity contribution in [2.75, 3.05) is 6.61 Å². The fourth-order valence-corrected chi connectivity index (χ4v) is 2.05. The second-order valence-electron chi connectivity index (χ2n) is 4.25. The molecule has 100 valence electrons. The smallest absolute Gasteiger partial charge is 0.339 e. The number of ether oxygens (including phenoxy) is 1. The maximum absolute atomic E-state index is 11.2. The average Bonchev–Trinajstić information content (AvgIpc) is 2.74. The molecule has 0 aliphatic heterocycles. The number of aromatic nitrogens is 2. The largest absolute Gasteiger partial charge is 0.494 e. The third-order valence-electron chi connectivity index (χ3n) is 2.92. The van der Waals surface area contributed by atoms with Gasteiger partial charge in [-0.2, -0.15) is 5.10 Å². The Labute approximate surface area is 111 Å². The topological polar surface area (TPSA) is 64.3 Å². The van der Waals surface area contributed by atoms with Crippen molar-refractivity contribution in [3.63, 3.8) is 0 Å². The molecule has 0 spiro atoms. The van der Waals surface area contributed by atoms with Gasteiger partial charge >= 0.3 is 5.97 Å². The van der Waals surface area contributed by atoms with Crippen LogP contribution in [0.25, 0.3) is 11.3 Å². The van der Waals surface area contributed by atoms with E-state index in [1.54, 1.807) is 11.7 Å². The molecule has 0 aliphatic rings. The molecule has 0 unspecified atom stereocenters. The van der Waals surface area contributed by atoms with Crippen LogP contribution < -0.4 is 4.74 Å². The standard InChI is InChI=1S/C14H16N2O3/c1-4-19-12-6-5-10(7-9(12)2)13-11(14(17)18)8-15-16(13)3/h5-8H,4H2,1-3H3,(H,17,18). The van der Waals surface area contributed by atoms with E-state index in [2.05, 4.69) is 5.10 Å². The fourth-order valence-electron chi connectivity index (χ4n) is 2.05. The Bertz CT molecular complexity index is 617. The van der Waals surface area contributed by atoms with Crippen molar-refractivity contribution in [1.29, 1.82) is 0 Å². The number of carbonyl (C=O) groups is 1. The summed E-state index contributed by atoms with van der Waals surface area (Å²) in [5.74, 6) is -0.167. The quantitative estimate of drug-likeness (QED) is 0.917. The highest BCUT2D eigenvalue weighted by atomic mass is 16.5. The maximum atomic E-state index is 11.2. The lowest BCUT2D eigenvalue weighted by molar-refractivity contribution is 0.0697. The molecule has 0 saturated heterocycles. The van der Waals surface area contributed by atoms with Crippen molar-refractivity contribution in [3.05, 3.63) is 35.5 Å². The van der Waals surface area contributed by atoms with Crippen molar-refractivity contribution in [2.24, 2.45) is 7.05 Å². The lowest BCUT2D eigenvalue weighted by Gasteiger charge is -2.10. The zero-order valence-electron chi connectivity index (χ0n) is 11.2.